The van der Waals surface area contributed by atoms with Crippen molar-refractivity contribution < 1.29 is 9.53 Å². The molecular weight excluding hydrogens is 288 g/mol. The molecule has 1 heterocycles. The highest BCUT2D eigenvalue weighted by atomic mass is 16.5. The Morgan fingerprint density at radius 3 is 2.78 bits per heavy atom. The van der Waals surface area contributed by atoms with Crippen LogP contribution < -0.4 is 15.4 Å². The van der Waals surface area contributed by atoms with Crippen molar-refractivity contribution in [3.63, 3.8) is 0 Å². The fraction of sp³-hybridized carbons (Fsp3) is 0.316. The number of ether oxygens (including phenoxy) is 1. The van der Waals surface area contributed by atoms with Gasteiger partial charge in [-0.25, -0.2) is 0 Å². The van der Waals surface area contributed by atoms with Crippen LogP contribution in [0.2, 0.25) is 0 Å². The molecule has 1 atom stereocenters. The monoisotopic (exact) mass is 310 g/mol. The van der Waals surface area contributed by atoms with E-state index in [9.17, 15) is 4.79 Å². The molecule has 2 aromatic carbocycles. The highest BCUT2D eigenvalue weighted by molar-refractivity contribution is 5.95. The van der Waals surface area contributed by atoms with E-state index in [2.05, 4.69) is 0 Å². The molecular formula is C19H22N2O2. The van der Waals surface area contributed by atoms with E-state index >= 15 is 0 Å². The van der Waals surface area contributed by atoms with Crippen molar-refractivity contribution in [2.75, 3.05) is 18.1 Å². The van der Waals surface area contributed by atoms with Gasteiger partial charge in [-0.05, 0) is 36.6 Å². The highest BCUT2D eigenvalue weighted by Gasteiger charge is 2.24. The lowest BCUT2D eigenvalue weighted by atomic mass is 9.99. The number of aryl methyl sites for hydroxylation is 1. The molecule has 0 aliphatic carbocycles. The average Bonchev–Trinajstić information content (AvgIpc) is 2.77. The van der Waals surface area contributed by atoms with E-state index in [0.717, 1.165) is 29.0 Å². The van der Waals surface area contributed by atoms with Crippen LogP contribution in [-0.4, -0.2) is 19.1 Å². The molecule has 1 amide bonds. The van der Waals surface area contributed by atoms with Gasteiger partial charge in [0.2, 0.25) is 5.91 Å². The molecule has 0 bridgehead atoms. The lowest BCUT2D eigenvalue weighted by Crippen LogP contribution is -2.34. The third-order valence-electron chi connectivity index (χ3n) is 4.22. The van der Waals surface area contributed by atoms with Gasteiger partial charge < -0.3 is 15.4 Å². The Morgan fingerprint density at radius 2 is 1.96 bits per heavy atom. The van der Waals surface area contributed by atoms with E-state index in [-0.39, 0.29) is 11.9 Å². The Kier molecular flexibility index (Phi) is 4.63. The van der Waals surface area contributed by atoms with Crippen LogP contribution in [0.1, 0.15) is 30.0 Å². The van der Waals surface area contributed by atoms with Crippen LogP contribution in [0.25, 0.3) is 0 Å². The molecule has 0 unspecified atom stereocenters. The Balaban J connectivity index is 1.79. The lowest BCUT2D eigenvalue weighted by molar-refractivity contribution is -0.119. The van der Waals surface area contributed by atoms with Gasteiger partial charge in [0.25, 0.3) is 0 Å². The average molecular weight is 310 g/mol. The first-order valence-electron chi connectivity index (χ1n) is 8.00. The zero-order valence-corrected chi connectivity index (χ0v) is 13.4. The third kappa shape index (κ3) is 3.37. The molecule has 0 saturated heterocycles. The summed E-state index contributed by atoms with van der Waals surface area (Å²) in [5.41, 5.74) is 9.27. The van der Waals surface area contributed by atoms with Gasteiger partial charge in [0.15, 0.2) is 0 Å². The molecule has 2 N–H and O–H groups in total. The molecule has 0 aromatic heterocycles. The van der Waals surface area contributed by atoms with Crippen molar-refractivity contribution in [2.45, 2.75) is 25.8 Å². The van der Waals surface area contributed by atoms with Crippen molar-refractivity contribution in [1.82, 2.24) is 0 Å². The first-order chi connectivity index (χ1) is 11.2. The van der Waals surface area contributed by atoms with Gasteiger partial charge in [-0.1, -0.05) is 36.4 Å². The van der Waals surface area contributed by atoms with Gasteiger partial charge in [0.05, 0.1) is 12.3 Å². The van der Waals surface area contributed by atoms with E-state index in [0.29, 0.717) is 19.6 Å². The fourth-order valence-electron chi connectivity index (χ4n) is 3.00. The SMILES string of the molecule is Cc1ccccc1[C@@H](N)CC(=O)N1CCCOc2ccccc21. The number of hydrogen-bond donors (Lipinski definition) is 1. The van der Waals surface area contributed by atoms with E-state index in [1.54, 1.807) is 4.90 Å². The molecule has 4 heteroatoms. The van der Waals surface area contributed by atoms with Gasteiger partial charge in [0.1, 0.15) is 5.75 Å². The molecule has 120 valence electrons. The summed E-state index contributed by atoms with van der Waals surface area (Å²) in [6.07, 6.45) is 1.11. The summed E-state index contributed by atoms with van der Waals surface area (Å²) in [4.78, 5) is 14.6. The number of rotatable bonds is 3. The van der Waals surface area contributed by atoms with Crippen LogP contribution in [0.3, 0.4) is 0 Å². The number of nitrogens with zero attached hydrogens (tertiary/aromatic N) is 1. The summed E-state index contributed by atoms with van der Waals surface area (Å²) in [7, 11) is 0. The number of benzene rings is 2. The number of fused-ring (bicyclic) bond motifs is 1. The number of amides is 1. The van der Waals surface area contributed by atoms with E-state index < -0.39 is 0 Å². The Bertz CT molecular complexity index is 699. The minimum Gasteiger partial charge on any atom is -0.491 e. The first kappa shape index (κ1) is 15.6. The maximum atomic E-state index is 12.8. The first-order valence-corrected chi connectivity index (χ1v) is 8.00. The molecule has 23 heavy (non-hydrogen) atoms. The number of para-hydroxylation sites is 2. The molecule has 2 aromatic rings. The smallest absolute Gasteiger partial charge is 0.229 e. The van der Waals surface area contributed by atoms with Crippen molar-refractivity contribution in [2.24, 2.45) is 5.73 Å². The molecule has 0 spiro atoms. The van der Waals surface area contributed by atoms with Crippen molar-refractivity contribution in [3.05, 3.63) is 59.7 Å². The van der Waals surface area contributed by atoms with E-state index in [1.165, 1.54) is 0 Å². The van der Waals surface area contributed by atoms with Gasteiger partial charge in [-0.15, -0.1) is 0 Å². The molecule has 0 saturated carbocycles. The largest absolute Gasteiger partial charge is 0.491 e. The Labute approximate surface area is 136 Å². The molecule has 1 aliphatic rings. The fourth-order valence-corrected chi connectivity index (χ4v) is 3.00. The summed E-state index contributed by atoms with van der Waals surface area (Å²) in [5, 5.41) is 0. The van der Waals surface area contributed by atoms with Gasteiger partial charge >= 0.3 is 0 Å². The van der Waals surface area contributed by atoms with Crippen molar-refractivity contribution in [3.8, 4) is 5.75 Å². The predicted molar refractivity (Wildman–Crippen MR) is 91.6 cm³/mol. The summed E-state index contributed by atoms with van der Waals surface area (Å²) in [6, 6.07) is 15.3. The quantitative estimate of drug-likeness (QED) is 0.947. The van der Waals surface area contributed by atoms with Crippen molar-refractivity contribution in [1.29, 1.82) is 0 Å². The van der Waals surface area contributed by atoms with Crippen LogP contribution in [0.5, 0.6) is 5.75 Å². The zero-order valence-electron chi connectivity index (χ0n) is 13.4. The molecule has 4 nitrogen and oxygen atoms in total. The normalized spacial score (nSPS) is 15.3. The van der Waals surface area contributed by atoms with Crippen LogP contribution in [0, 0.1) is 6.92 Å². The van der Waals surface area contributed by atoms with Crippen LogP contribution in [-0.2, 0) is 4.79 Å². The number of carbonyl (C=O) groups is 1. The second-order valence-electron chi connectivity index (χ2n) is 5.88. The molecule has 3 rings (SSSR count). The van der Waals surface area contributed by atoms with Gasteiger partial charge in [0, 0.05) is 19.0 Å². The van der Waals surface area contributed by atoms with E-state index in [1.807, 2.05) is 55.5 Å². The standard InChI is InChI=1S/C19H22N2O2/c1-14-7-2-3-8-15(14)16(20)13-19(22)21-11-6-12-23-18-10-5-4-9-17(18)21/h2-5,7-10,16H,6,11-13,20H2,1H3/t16-/m0/s1. The number of carbonyl (C=O) groups excluding carboxylic acids is 1. The topological polar surface area (TPSA) is 55.6 Å². The maximum Gasteiger partial charge on any atom is 0.229 e. The Morgan fingerprint density at radius 1 is 1.22 bits per heavy atom. The zero-order chi connectivity index (χ0) is 16.2. The van der Waals surface area contributed by atoms with E-state index in [4.69, 9.17) is 10.5 Å². The summed E-state index contributed by atoms with van der Waals surface area (Å²) in [6.45, 7) is 3.32. The van der Waals surface area contributed by atoms with Crippen LogP contribution >= 0.6 is 0 Å². The molecule has 1 aliphatic heterocycles. The Hall–Kier alpha value is -2.33. The van der Waals surface area contributed by atoms with Gasteiger partial charge in [-0.3, -0.25) is 4.79 Å². The molecule has 0 radical (unpaired) electrons. The second kappa shape index (κ2) is 6.84. The highest BCUT2D eigenvalue weighted by Crippen LogP contribution is 2.31. The summed E-state index contributed by atoms with van der Waals surface area (Å²) in [5.74, 6) is 0.807. The minimum absolute atomic E-state index is 0.0405. The third-order valence-corrected chi connectivity index (χ3v) is 4.22. The van der Waals surface area contributed by atoms with Gasteiger partial charge in [-0.2, -0.15) is 0 Å². The number of nitrogens with two attached hydrogens (primary N) is 1. The maximum absolute atomic E-state index is 12.8. The van der Waals surface area contributed by atoms with Crippen molar-refractivity contribution >= 4 is 11.6 Å². The lowest BCUT2D eigenvalue weighted by Gasteiger charge is -2.24. The number of hydrogen-bond acceptors (Lipinski definition) is 3. The second-order valence-corrected chi connectivity index (χ2v) is 5.88. The summed E-state index contributed by atoms with van der Waals surface area (Å²) < 4.78 is 5.71. The predicted octanol–water partition coefficient (Wildman–Crippen LogP) is 3.20. The minimum atomic E-state index is -0.292. The van der Waals surface area contributed by atoms with Crippen LogP contribution in [0.15, 0.2) is 48.5 Å². The van der Waals surface area contributed by atoms with Crippen LogP contribution in [0.4, 0.5) is 5.69 Å². The molecule has 0 fully saturated rings. The number of anilines is 1. The summed E-state index contributed by atoms with van der Waals surface area (Å²) >= 11 is 0.